The lowest BCUT2D eigenvalue weighted by molar-refractivity contribution is -0.0121. The van der Waals surface area contributed by atoms with E-state index in [9.17, 15) is 0 Å². The van der Waals surface area contributed by atoms with E-state index in [1.165, 1.54) is 35.0 Å². The van der Waals surface area contributed by atoms with Crippen molar-refractivity contribution in [3.05, 3.63) is 30.3 Å². The smallest absolute Gasteiger partial charge is 0.193 e. The van der Waals surface area contributed by atoms with Gasteiger partial charge in [-0.15, -0.1) is 35.7 Å². The van der Waals surface area contributed by atoms with Gasteiger partial charge in [0.2, 0.25) is 0 Å². The van der Waals surface area contributed by atoms with Crippen LogP contribution in [0.15, 0.2) is 40.2 Å². The maximum absolute atomic E-state index is 5.60. The third-order valence-corrected chi connectivity index (χ3v) is 8.84. The summed E-state index contributed by atoms with van der Waals surface area (Å²) in [5.74, 6) is 5.48. The van der Waals surface area contributed by atoms with Crippen LogP contribution >= 0.6 is 47.5 Å². The van der Waals surface area contributed by atoms with Crippen molar-refractivity contribution in [1.82, 2.24) is 15.1 Å². The molecule has 0 radical (unpaired) electrons. The predicted molar refractivity (Wildman–Crippen MR) is 141 cm³/mol. The molecule has 0 aromatic heterocycles. The molecule has 0 aliphatic carbocycles. The molecule has 0 saturated carbocycles. The van der Waals surface area contributed by atoms with Gasteiger partial charge in [0.25, 0.3) is 0 Å². The SMILES string of the molecule is CN=C(NCC1(N2CCOCC2)CCSC1)N1CCC(CSc2ccccc2)C1.I. The zero-order chi connectivity index (χ0) is 19.9. The van der Waals surface area contributed by atoms with Crippen molar-refractivity contribution in [3.63, 3.8) is 0 Å². The summed E-state index contributed by atoms with van der Waals surface area (Å²) in [6.45, 7) is 7.07. The van der Waals surface area contributed by atoms with Crippen LogP contribution in [-0.4, -0.2) is 91.5 Å². The molecule has 3 heterocycles. The fraction of sp³-hybridized carbons (Fsp3) is 0.682. The maximum atomic E-state index is 5.60. The van der Waals surface area contributed by atoms with Crippen molar-refractivity contribution in [2.75, 3.05) is 70.2 Å². The number of halogens is 1. The first-order valence-electron chi connectivity index (χ1n) is 10.8. The van der Waals surface area contributed by atoms with Gasteiger partial charge in [-0.3, -0.25) is 9.89 Å². The van der Waals surface area contributed by atoms with Crippen molar-refractivity contribution in [2.24, 2.45) is 10.9 Å². The normalized spacial score (nSPS) is 27.8. The van der Waals surface area contributed by atoms with Crippen LogP contribution in [0.3, 0.4) is 0 Å². The van der Waals surface area contributed by atoms with Crippen LogP contribution in [0.5, 0.6) is 0 Å². The number of nitrogens with zero attached hydrogens (tertiary/aromatic N) is 3. The van der Waals surface area contributed by atoms with E-state index in [1.807, 2.05) is 18.8 Å². The molecule has 1 aromatic rings. The Balaban J connectivity index is 0.00000256. The van der Waals surface area contributed by atoms with Gasteiger partial charge in [0, 0.05) is 61.7 Å². The molecule has 3 aliphatic heterocycles. The molecule has 168 valence electrons. The van der Waals surface area contributed by atoms with E-state index in [1.54, 1.807) is 0 Å². The number of hydrogen-bond acceptors (Lipinski definition) is 5. The molecule has 0 amide bonds. The molecular formula is C22H35IN4OS2. The molecule has 2 unspecified atom stereocenters. The van der Waals surface area contributed by atoms with E-state index in [-0.39, 0.29) is 29.5 Å². The number of guanidine groups is 1. The minimum absolute atomic E-state index is 0. The highest BCUT2D eigenvalue weighted by atomic mass is 127. The fourth-order valence-corrected chi connectivity index (χ4v) is 7.13. The Morgan fingerprint density at radius 1 is 1.27 bits per heavy atom. The minimum Gasteiger partial charge on any atom is -0.379 e. The number of thioether (sulfide) groups is 2. The van der Waals surface area contributed by atoms with Crippen LogP contribution in [0.2, 0.25) is 0 Å². The highest BCUT2D eigenvalue weighted by molar-refractivity contribution is 14.0. The van der Waals surface area contributed by atoms with Crippen molar-refractivity contribution in [1.29, 1.82) is 0 Å². The molecule has 4 rings (SSSR count). The van der Waals surface area contributed by atoms with Gasteiger partial charge in [0.05, 0.1) is 13.2 Å². The molecule has 5 nitrogen and oxygen atoms in total. The maximum Gasteiger partial charge on any atom is 0.193 e. The number of benzene rings is 1. The first kappa shape index (κ1) is 24.5. The van der Waals surface area contributed by atoms with Crippen molar-refractivity contribution >= 4 is 53.5 Å². The fourth-order valence-electron chi connectivity index (χ4n) is 4.60. The van der Waals surface area contributed by atoms with Gasteiger partial charge < -0.3 is 15.0 Å². The zero-order valence-corrected chi connectivity index (χ0v) is 21.9. The Kier molecular flexibility index (Phi) is 9.94. The Hall–Kier alpha value is -0.160. The summed E-state index contributed by atoms with van der Waals surface area (Å²) in [4.78, 5) is 11.1. The van der Waals surface area contributed by atoms with Gasteiger partial charge in [0.15, 0.2) is 5.96 Å². The summed E-state index contributed by atoms with van der Waals surface area (Å²) >= 11 is 4.08. The lowest BCUT2D eigenvalue weighted by atomic mass is 9.95. The molecule has 3 aliphatic rings. The number of ether oxygens (including phenoxy) is 1. The van der Waals surface area contributed by atoms with Gasteiger partial charge in [-0.25, -0.2) is 0 Å². The predicted octanol–water partition coefficient (Wildman–Crippen LogP) is 3.50. The first-order valence-corrected chi connectivity index (χ1v) is 13.0. The number of nitrogens with one attached hydrogen (secondary N) is 1. The number of hydrogen-bond donors (Lipinski definition) is 1. The van der Waals surface area contributed by atoms with Gasteiger partial charge in [-0.05, 0) is 36.6 Å². The Bertz CT molecular complexity index is 666. The molecule has 8 heteroatoms. The van der Waals surface area contributed by atoms with E-state index < -0.39 is 0 Å². The average Bonchev–Trinajstić information content (AvgIpc) is 3.45. The van der Waals surface area contributed by atoms with E-state index in [2.05, 4.69) is 62.2 Å². The highest BCUT2D eigenvalue weighted by Gasteiger charge is 2.41. The van der Waals surface area contributed by atoms with Crippen LogP contribution in [0.25, 0.3) is 0 Å². The van der Waals surface area contributed by atoms with Crippen LogP contribution in [0.1, 0.15) is 12.8 Å². The summed E-state index contributed by atoms with van der Waals surface area (Å²) in [6.07, 6.45) is 2.52. The summed E-state index contributed by atoms with van der Waals surface area (Å²) in [5, 5.41) is 3.76. The van der Waals surface area contributed by atoms with Gasteiger partial charge in [-0.2, -0.15) is 11.8 Å². The third-order valence-electron chi connectivity index (χ3n) is 6.37. The molecule has 30 heavy (non-hydrogen) atoms. The molecule has 1 N–H and O–H groups in total. The summed E-state index contributed by atoms with van der Waals surface area (Å²) in [6, 6.07) is 10.8. The van der Waals surface area contributed by atoms with Gasteiger partial charge in [-0.1, -0.05) is 18.2 Å². The highest BCUT2D eigenvalue weighted by Crippen LogP contribution is 2.34. The summed E-state index contributed by atoms with van der Waals surface area (Å²) in [7, 11) is 1.93. The van der Waals surface area contributed by atoms with Crippen molar-refractivity contribution in [2.45, 2.75) is 23.3 Å². The standard InChI is InChI=1S/C22H34N4OS2.HI/c1-23-21(24-17-22(8-14-28-18-22)26-10-12-27-13-11-26)25-9-7-19(15-25)16-29-20-5-3-2-4-6-20;/h2-6,19H,7-18H2,1H3,(H,23,24);1H. The lowest BCUT2D eigenvalue weighted by Crippen LogP contribution is -2.60. The van der Waals surface area contributed by atoms with Crippen LogP contribution in [0, 0.1) is 5.92 Å². The Labute approximate surface area is 207 Å². The number of morpholine rings is 1. The molecular weight excluding hydrogens is 527 g/mol. The number of rotatable bonds is 6. The second-order valence-electron chi connectivity index (χ2n) is 8.25. The third kappa shape index (κ3) is 6.21. The second kappa shape index (κ2) is 12.2. The van der Waals surface area contributed by atoms with Gasteiger partial charge in [0.1, 0.15) is 0 Å². The minimum atomic E-state index is 0. The average molecular weight is 563 g/mol. The van der Waals surface area contributed by atoms with Crippen molar-refractivity contribution < 1.29 is 4.74 Å². The molecule has 0 bridgehead atoms. The quantitative estimate of drug-likeness (QED) is 0.248. The van der Waals surface area contributed by atoms with Gasteiger partial charge >= 0.3 is 0 Å². The topological polar surface area (TPSA) is 40.1 Å². The van der Waals surface area contributed by atoms with Crippen LogP contribution in [0.4, 0.5) is 0 Å². The zero-order valence-electron chi connectivity index (χ0n) is 17.9. The van der Waals surface area contributed by atoms with Crippen molar-refractivity contribution in [3.8, 4) is 0 Å². The molecule has 0 spiro atoms. The van der Waals surface area contributed by atoms with E-state index in [0.29, 0.717) is 0 Å². The van der Waals surface area contributed by atoms with Crippen LogP contribution in [-0.2, 0) is 4.74 Å². The monoisotopic (exact) mass is 562 g/mol. The Morgan fingerprint density at radius 2 is 2.07 bits per heavy atom. The molecule has 3 fully saturated rings. The lowest BCUT2D eigenvalue weighted by Gasteiger charge is -2.43. The number of aliphatic imine (C=N–C) groups is 1. The van der Waals surface area contributed by atoms with E-state index in [4.69, 9.17) is 4.74 Å². The number of likely N-dealkylation sites (tertiary alicyclic amines) is 1. The Morgan fingerprint density at radius 3 is 2.77 bits per heavy atom. The summed E-state index contributed by atoms with van der Waals surface area (Å²) in [5.41, 5.74) is 0.257. The van der Waals surface area contributed by atoms with E-state index in [0.717, 1.165) is 57.8 Å². The van der Waals surface area contributed by atoms with E-state index >= 15 is 0 Å². The second-order valence-corrected chi connectivity index (χ2v) is 10.5. The largest absolute Gasteiger partial charge is 0.379 e. The first-order chi connectivity index (χ1) is 14.3. The molecule has 2 atom stereocenters. The molecule has 1 aromatic carbocycles. The summed E-state index contributed by atoms with van der Waals surface area (Å²) < 4.78 is 5.60. The molecule has 3 saturated heterocycles. The van der Waals surface area contributed by atoms with Crippen LogP contribution < -0.4 is 5.32 Å².